The van der Waals surface area contributed by atoms with Crippen LogP contribution in [0.1, 0.15) is 71.1 Å². The highest BCUT2D eigenvalue weighted by Crippen LogP contribution is 2.25. The second kappa shape index (κ2) is 14.2. The van der Waals surface area contributed by atoms with E-state index in [0.29, 0.717) is 6.61 Å². The maximum absolute atomic E-state index is 10.2. The van der Waals surface area contributed by atoms with Crippen molar-refractivity contribution in [3.05, 3.63) is 0 Å². The minimum atomic E-state index is -1.01. The third kappa shape index (κ3) is 8.55. The lowest BCUT2D eigenvalue weighted by Crippen LogP contribution is -2.59. The Kier molecular flexibility index (Phi) is 13.1. The van der Waals surface area contributed by atoms with Gasteiger partial charge < -0.3 is 24.4 Å². The number of halogens is 1. The average Bonchev–Trinajstić information content (AvgIpc) is 2.62. The van der Waals surface area contributed by atoms with Crippen LogP contribution in [-0.2, 0) is 14.2 Å². The molecule has 5 nitrogen and oxygen atoms in total. The smallest absolute Gasteiger partial charge is 0.186 e. The molecule has 0 amide bonds. The molecule has 0 aromatic carbocycles. The van der Waals surface area contributed by atoms with Gasteiger partial charge >= 0.3 is 0 Å². The number of aliphatic hydroxyl groups excluding tert-OH is 2. The highest BCUT2D eigenvalue weighted by Gasteiger charge is 2.45. The predicted octanol–water partition coefficient (Wildman–Crippen LogP) is 3.62. The molecule has 25 heavy (non-hydrogen) atoms. The first-order chi connectivity index (χ1) is 12.2. The van der Waals surface area contributed by atoms with Crippen molar-refractivity contribution >= 4 is 11.6 Å². The van der Waals surface area contributed by atoms with Gasteiger partial charge in [0.15, 0.2) is 6.29 Å². The molecule has 0 aliphatic carbocycles. The zero-order chi connectivity index (χ0) is 18.5. The van der Waals surface area contributed by atoms with E-state index in [9.17, 15) is 10.2 Å². The molecule has 5 atom stereocenters. The Bertz CT molecular complexity index is 302. The fraction of sp³-hybridized carbons (Fsp3) is 1.00. The van der Waals surface area contributed by atoms with Gasteiger partial charge in [0.25, 0.3) is 0 Å². The molecule has 0 radical (unpaired) electrons. The van der Waals surface area contributed by atoms with E-state index in [-0.39, 0.29) is 5.88 Å². The first-order valence-corrected chi connectivity index (χ1v) is 10.4. The van der Waals surface area contributed by atoms with E-state index < -0.39 is 30.7 Å². The monoisotopic (exact) mass is 380 g/mol. The van der Waals surface area contributed by atoms with Crippen LogP contribution in [0.5, 0.6) is 0 Å². The summed E-state index contributed by atoms with van der Waals surface area (Å²) in [6.07, 6.45) is 8.48. The summed E-state index contributed by atoms with van der Waals surface area (Å²) in [6, 6.07) is 0. The fourth-order valence-corrected chi connectivity index (χ4v) is 3.49. The van der Waals surface area contributed by atoms with Crippen molar-refractivity contribution in [3.8, 4) is 0 Å². The van der Waals surface area contributed by atoms with Crippen LogP contribution in [0.2, 0.25) is 0 Å². The lowest BCUT2D eigenvalue weighted by molar-refractivity contribution is -0.293. The van der Waals surface area contributed by atoms with E-state index in [2.05, 4.69) is 6.92 Å². The largest absolute Gasteiger partial charge is 0.388 e. The van der Waals surface area contributed by atoms with Crippen molar-refractivity contribution in [3.63, 3.8) is 0 Å². The van der Waals surface area contributed by atoms with Gasteiger partial charge in [-0.15, -0.1) is 11.6 Å². The normalized spacial score (nSPS) is 29.9. The molecule has 150 valence electrons. The van der Waals surface area contributed by atoms with Crippen LogP contribution < -0.4 is 0 Å². The molecule has 0 aromatic rings. The lowest BCUT2D eigenvalue weighted by atomic mass is 9.99. The Morgan fingerprint density at radius 1 is 0.880 bits per heavy atom. The van der Waals surface area contributed by atoms with Gasteiger partial charge in [-0.05, 0) is 6.42 Å². The minimum Gasteiger partial charge on any atom is -0.388 e. The summed E-state index contributed by atoms with van der Waals surface area (Å²) in [5.41, 5.74) is 0. The van der Waals surface area contributed by atoms with Crippen LogP contribution in [0.15, 0.2) is 0 Å². The van der Waals surface area contributed by atoms with Crippen LogP contribution in [-0.4, -0.2) is 60.5 Å². The molecule has 0 saturated carbocycles. The van der Waals surface area contributed by atoms with Crippen LogP contribution in [0.4, 0.5) is 0 Å². The quantitative estimate of drug-likeness (QED) is 0.356. The number of aliphatic hydroxyl groups is 2. The molecule has 0 bridgehead atoms. The molecule has 0 unspecified atom stereocenters. The molecule has 1 aliphatic heterocycles. The van der Waals surface area contributed by atoms with Crippen LogP contribution in [0.3, 0.4) is 0 Å². The summed E-state index contributed by atoms with van der Waals surface area (Å²) < 4.78 is 16.2. The zero-order valence-electron chi connectivity index (χ0n) is 15.9. The predicted molar refractivity (Wildman–Crippen MR) is 100.0 cm³/mol. The Labute approximate surface area is 158 Å². The molecule has 1 fully saturated rings. The van der Waals surface area contributed by atoms with Gasteiger partial charge in [0.05, 0.1) is 5.88 Å². The number of hydrogen-bond acceptors (Lipinski definition) is 5. The number of unbranched alkanes of at least 4 members (excludes halogenated alkanes) is 9. The van der Waals surface area contributed by atoms with Crippen molar-refractivity contribution in [1.82, 2.24) is 0 Å². The summed E-state index contributed by atoms with van der Waals surface area (Å²) >= 11 is 5.80. The summed E-state index contributed by atoms with van der Waals surface area (Å²) in [6.45, 7) is 2.76. The highest BCUT2D eigenvalue weighted by atomic mass is 35.5. The number of alkyl halides is 1. The van der Waals surface area contributed by atoms with Crippen molar-refractivity contribution in [1.29, 1.82) is 0 Å². The lowest BCUT2D eigenvalue weighted by Gasteiger charge is -2.41. The Morgan fingerprint density at radius 3 is 1.96 bits per heavy atom. The Hall–Kier alpha value is 0.0900. The maximum atomic E-state index is 10.2. The van der Waals surface area contributed by atoms with Gasteiger partial charge in [0, 0.05) is 13.7 Å². The summed E-state index contributed by atoms with van der Waals surface area (Å²) in [4.78, 5) is 0. The molecular formula is C19H37ClO5. The summed E-state index contributed by atoms with van der Waals surface area (Å²) in [5, 5.41) is 20.4. The van der Waals surface area contributed by atoms with E-state index in [0.717, 1.165) is 12.8 Å². The molecule has 1 rings (SSSR count). The minimum absolute atomic E-state index is 0.131. The van der Waals surface area contributed by atoms with E-state index in [1.54, 1.807) is 0 Å². The second-order valence-electron chi connectivity index (χ2n) is 6.93. The first-order valence-electron chi connectivity index (χ1n) is 9.87. The number of methoxy groups -OCH3 is 1. The Balaban J connectivity index is 2.11. The van der Waals surface area contributed by atoms with E-state index >= 15 is 0 Å². The number of rotatable bonds is 14. The SMILES string of the molecule is CCCCCCCCCCCCO[C@@H]1[C@@H](O)[C@@H](OC)O[C@H](CCl)[C@H]1O. The molecule has 1 saturated heterocycles. The van der Waals surface area contributed by atoms with E-state index in [4.69, 9.17) is 25.8 Å². The molecule has 1 heterocycles. The van der Waals surface area contributed by atoms with Crippen molar-refractivity contribution in [2.24, 2.45) is 0 Å². The molecular weight excluding hydrogens is 344 g/mol. The van der Waals surface area contributed by atoms with E-state index in [1.165, 1.54) is 58.5 Å². The third-order valence-corrected chi connectivity index (χ3v) is 5.14. The Morgan fingerprint density at radius 2 is 1.44 bits per heavy atom. The number of hydrogen-bond donors (Lipinski definition) is 2. The van der Waals surface area contributed by atoms with Gasteiger partial charge in [-0.1, -0.05) is 64.7 Å². The number of ether oxygens (including phenoxy) is 3. The van der Waals surface area contributed by atoms with E-state index in [1.807, 2.05) is 0 Å². The summed E-state index contributed by atoms with van der Waals surface area (Å²) in [5.74, 6) is 0.131. The molecule has 1 aliphatic rings. The van der Waals surface area contributed by atoms with Gasteiger partial charge in [-0.2, -0.15) is 0 Å². The van der Waals surface area contributed by atoms with Crippen molar-refractivity contribution in [2.45, 2.75) is 102 Å². The molecule has 6 heteroatoms. The average molecular weight is 381 g/mol. The first kappa shape index (κ1) is 23.1. The topological polar surface area (TPSA) is 68.2 Å². The van der Waals surface area contributed by atoms with Gasteiger partial charge in [-0.3, -0.25) is 0 Å². The third-order valence-electron chi connectivity index (χ3n) is 4.83. The van der Waals surface area contributed by atoms with Gasteiger partial charge in [0.2, 0.25) is 0 Å². The van der Waals surface area contributed by atoms with Crippen molar-refractivity contribution < 1.29 is 24.4 Å². The second-order valence-corrected chi connectivity index (χ2v) is 7.24. The van der Waals surface area contributed by atoms with Crippen LogP contribution in [0.25, 0.3) is 0 Å². The maximum Gasteiger partial charge on any atom is 0.186 e. The van der Waals surface area contributed by atoms with Crippen LogP contribution in [0, 0.1) is 0 Å². The van der Waals surface area contributed by atoms with Crippen LogP contribution >= 0.6 is 11.6 Å². The van der Waals surface area contributed by atoms with Crippen molar-refractivity contribution in [2.75, 3.05) is 19.6 Å². The molecule has 0 spiro atoms. The summed E-state index contributed by atoms with van der Waals surface area (Å²) in [7, 11) is 1.45. The zero-order valence-corrected chi connectivity index (χ0v) is 16.6. The van der Waals surface area contributed by atoms with Gasteiger partial charge in [0.1, 0.15) is 24.4 Å². The highest BCUT2D eigenvalue weighted by molar-refractivity contribution is 6.18. The van der Waals surface area contributed by atoms with Gasteiger partial charge in [-0.25, -0.2) is 0 Å². The molecule has 0 aromatic heterocycles. The standard InChI is InChI=1S/C19H37ClO5/c1-3-4-5-6-7-8-9-10-11-12-13-24-18-16(21)15(14-20)25-19(23-2)17(18)22/h15-19,21-22H,3-14H2,1-2H3/t15-,16-,17-,18+,19+/m1/s1. The molecule has 2 N–H and O–H groups in total. The fourth-order valence-electron chi connectivity index (χ4n) is 3.23.